The van der Waals surface area contributed by atoms with Crippen molar-refractivity contribution < 1.29 is 14.3 Å². The highest BCUT2D eigenvalue weighted by atomic mass is 19.1. The van der Waals surface area contributed by atoms with Gasteiger partial charge in [0.1, 0.15) is 5.82 Å². The molecule has 1 amide bonds. The fourth-order valence-electron chi connectivity index (χ4n) is 2.03. The summed E-state index contributed by atoms with van der Waals surface area (Å²) in [5, 5.41) is 18.5. The third kappa shape index (κ3) is 2.00. The van der Waals surface area contributed by atoms with Crippen LogP contribution < -0.4 is 10.6 Å². The molecule has 1 atom stereocenters. The highest BCUT2D eigenvalue weighted by Gasteiger charge is 2.41. The van der Waals surface area contributed by atoms with Crippen molar-refractivity contribution in [2.24, 2.45) is 5.73 Å². The van der Waals surface area contributed by atoms with Crippen LogP contribution in [0, 0.1) is 17.1 Å². The summed E-state index contributed by atoms with van der Waals surface area (Å²) in [7, 11) is 0. The number of carbonyl (C=O) groups is 1. The summed E-state index contributed by atoms with van der Waals surface area (Å²) in [6.45, 7) is 0.299. The molecule has 3 N–H and O–H groups in total. The standard InChI is InChI=1S/C12H12FN3O2/c13-9-5-8(6-14)1-2-10(9)16-4-3-12(18,7-16)11(15)17/h1-2,5,18H,3-4,7H2,(H2,15,17). The van der Waals surface area contributed by atoms with E-state index < -0.39 is 17.3 Å². The number of carbonyl (C=O) groups excluding carboxylic acids is 1. The van der Waals surface area contributed by atoms with Crippen molar-refractivity contribution in [1.82, 2.24) is 0 Å². The number of benzene rings is 1. The maximum absolute atomic E-state index is 13.8. The second-order valence-electron chi connectivity index (χ2n) is 4.35. The molecule has 2 rings (SSSR count). The van der Waals surface area contributed by atoms with Gasteiger partial charge in [0.2, 0.25) is 0 Å². The summed E-state index contributed by atoms with van der Waals surface area (Å²) in [5.41, 5.74) is 3.97. The number of nitrogens with two attached hydrogens (primary N) is 1. The Kier molecular flexibility index (Phi) is 2.93. The van der Waals surface area contributed by atoms with E-state index in [0.717, 1.165) is 6.07 Å². The molecule has 0 spiro atoms. The zero-order valence-corrected chi connectivity index (χ0v) is 9.56. The smallest absolute Gasteiger partial charge is 0.251 e. The number of nitriles is 1. The first-order valence-electron chi connectivity index (χ1n) is 5.43. The van der Waals surface area contributed by atoms with Crippen LogP contribution in [0.1, 0.15) is 12.0 Å². The van der Waals surface area contributed by atoms with Crippen LogP contribution in [0.25, 0.3) is 0 Å². The van der Waals surface area contributed by atoms with Gasteiger partial charge in [-0.25, -0.2) is 4.39 Å². The van der Waals surface area contributed by atoms with Gasteiger partial charge in [0.25, 0.3) is 5.91 Å². The topological polar surface area (TPSA) is 90.3 Å². The lowest BCUT2D eigenvalue weighted by molar-refractivity contribution is -0.134. The van der Waals surface area contributed by atoms with Crippen LogP contribution in [0.3, 0.4) is 0 Å². The van der Waals surface area contributed by atoms with E-state index in [-0.39, 0.29) is 24.2 Å². The third-order valence-corrected chi connectivity index (χ3v) is 3.12. The van der Waals surface area contributed by atoms with Gasteiger partial charge in [0, 0.05) is 13.0 Å². The summed E-state index contributed by atoms with van der Waals surface area (Å²) in [5.74, 6) is -1.36. The molecule has 1 aromatic carbocycles. The highest BCUT2D eigenvalue weighted by molar-refractivity contribution is 5.85. The van der Waals surface area contributed by atoms with Crippen LogP contribution in [0.4, 0.5) is 10.1 Å². The Labute approximate surface area is 103 Å². The predicted octanol–water partition coefficient (Wildman–Crippen LogP) is 0.124. The number of β-amino-alcohol motifs (C(OH)–C–C–N with tert-alkyl or cyclic N) is 1. The lowest BCUT2D eigenvalue weighted by atomic mass is 10.0. The molecule has 1 heterocycles. The maximum Gasteiger partial charge on any atom is 0.251 e. The van der Waals surface area contributed by atoms with E-state index in [1.807, 2.05) is 6.07 Å². The van der Waals surface area contributed by atoms with Crippen LogP contribution in [0.2, 0.25) is 0 Å². The Balaban J connectivity index is 2.25. The van der Waals surface area contributed by atoms with Gasteiger partial charge in [0.15, 0.2) is 5.60 Å². The van der Waals surface area contributed by atoms with Gasteiger partial charge in [-0.15, -0.1) is 0 Å². The van der Waals surface area contributed by atoms with Gasteiger partial charge < -0.3 is 15.7 Å². The Bertz CT molecular complexity index is 541. The molecular formula is C12H12FN3O2. The third-order valence-electron chi connectivity index (χ3n) is 3.12. The van der Waals surface area contributed by atoms with Gasteiger partial charge in [-0.3, -0.25) is 4.79 Å². The van der Waals surface area contributed by atoms with Crippen molar-refractivity contribution in [3.63, 3.8) is 0 Å². The minimum absolute atomic E-state index is 0.0366. The van der Waals surface area contributed by atoms with Crippen molar-refractivity contribution in [3.05, 3.63) is 29.6 Å². The average Bonchev–Trinajstić information content (AvgIpc) is 2.73. The van der Waals surface area contributed by atoms with E-state index in [2.05, 4.69) is 0 Å². The quantitative estimate of drug-likeness (QED) is 0.779. The second-order valence-corrected chi connectivity index (χ2v) is 4.35. The minimum atomic E-state index is -1.61. The van der Waals surface area contributed by atoms with Crippen LogP contribution in [0.15, 0.2) is 18.2 Å². The second kappa shape index (κ2) is 4.27. The summed E-state index contributed by atoms with van der Waals surface area (Å²) in [6, 6.07) is 5.91. The lowest BCUT2D eigenvalue weighted by Crippen LogP contribution is -2.46. The molecule has 6 heteroatoms. The van der Waals surface area contributed by atoms with Crippen LogP contribution in [0.5, 0.6) is 0 Å². The van der Waals surface area contributed by atoms with Crippen molar-refractivity contribution >= 4 is 11.6 Å². The van der Waals surface area contributed by atoms with E-state index in [1.54, 1.807) is 4.90 Å². The largest absolute Gasteiger partial charge is 0.378 e. The molecule has 0 bridgehead atoms. The van der Waals surface area contributed by atoms with E-state index in [0.29, 0.717) is 6.54 Å². The molecule has 5 nitrogen and oxygen atoms in total. The molecule has 0 radical (unpaired) electrons. The Morgan fingerprint density at radius 2 is 2.33 bits per heavy atom. The molecule has 1 fully saturated rings. The molecule has 1 aromatic rings. The van der Waals surface area contributed by atoms with Gasteiger partial charge in [-0.05, 0) is 18.2 Å². The first-order chi connectivity index (χ1) is 8.46. The van der Waals surface area contributed by atoms with Gasteiger partial charge in [-0.1, -0.05) is 0 Å². The van der Waals surface area contributed by atoms with Gasteiger partial charge in [0.05, 0.1) is 23.9 Å². The minimum Gasteiger partial charge on any atom is -0.378 e. The zero-order valence-electron chi connectivity index (χ0n) is 9.56. The fraction of sp³-hybridized carbons (Fsp3) is 0.333. The molecule has 1 aliphatic rings. The Morgan fingerprint density at radius 3 is 2.83 bits per heavy atom. The maximum atomic E-state index is 13.8. The van der Waals surface area contributed by atoms with Crippen molar-refractivity contribution in [3.8, 4) is 6.07 Å². The molecule has 1 unspecified atom stereocenters. The summed E-state index contributed by atoms with van der Waals surface area (Å²) < 4.78 is 13.8. The molecular weight excluding hydrogens is 237 g/mol. The highest BCUT2D eigenvalue weighted by Crippen LogP contribution is 2.29. The molecule has 0 aromatic heterocycles. The SMILES string of the molecule is N#Cc1ccc(N2CCC(O)(C(N)=O)C2)c(F)c1. The number of rotatable bonds is 2. The van der Waals surface area contributed by atoms with E-state index in [4.69, 9.17) is 11.0 Å². The molecule has 0 aliphatic carbocycles. The van der Waals surface area contributed by atoms with Crippen molar-refractivity contribution in [1.29, 1.82) is 5.26 Å². The molecule has 94 valence electrons. The first-order valence-corrected chi connectivity index (χ1v) is 5.43. The number of hydrogen-bond acceptors (Lipinski definition) is 4. The van der Waals surface area contributed by atoms with E-state index >= 15 is 0 Å². The number of nitrogens with zero attached hydrogens (tertiary/aromatic N) is 2. The summed E-state index contributed by atoms with van der Waals surface area (Å²) in [6.07, 6.45) is 0.168. The van der Waals surface area contributed by atoms with Crippen LogP contribution in [-0.4, -0.2) is 29.7 Å². The van der Waals surface area contributed by atoms with Crippen molar-refractivity contribution in [2.45, 2.75) is 12.0 Å². The summed E-state index contributed by atoms with van der Waals surface area (Å²) >= 11 is 0. The van der Waals surface area contributed by atoms with Crippen LogP contribution in [-0.2, 0) is 4.79 Å². The van der Waals surface area contributed by atoms with E-state index in [1.165, 1.54) is 12.1 Å². The zero-order chi connectivity index (χ0) is 13.3. The Hall–Kier alpha value is -2.13. The molecule has 1 aliphatic heterocycles. The Morgan fingerprint density at radius 1 is 1.61 bits per heavy atom. The van der Waals surface area contributed by atoms with Gasteiger partial charge in [-0.2, -0.15) is 5.26 Å². The van der Waals surface area contributed by atoms with E-state index in [9.17, 15) is 14.3 Å². The monoisotopic (exact) mass is 249 g/mol. The first kappa shape index (κ1) is 12.3. The summed E-state index contributed by atoms with van der Waals surface area (Å²) in [4.78, 5) is 12.6. The number of amides is 1. The average molecular weight is 249 g/mol. The number of hydrogen-bond donors (Lipinski definition) is 2. The predicted molar refractivity (Wildman–Crippen MR) is 62.1 cm³/mol. The lowest BCUT2D eigenvalue weighted by Gasteiger charge is -2.22. The van der Waals surface area contributed by atoms with Gasteiger partial charge >= 0.3 is 0 Å². The molecule has 18 heavy (non-hydrogen) atoms. The normalized spacial score (nSPS) is 22.8. The fourth-order valence-corrected chi connectivity index (χ4v) is 2.03. The number of aliphatic hydroxyl groups is 1. The number of halogens is 1. The van der Waals surface area contributed by atoms with Crippen molar-refractivity contribution in [2.75, 3.05) is 18.0 Å². The van der Waals surface area contributed by atoms with Crippen LogP contribution >= 0.6 is 0 Å². The molecule has 0 saturated carbocycles. The number of anilines is 1. The molecule has 1 saturated heterocycles. The number of primary amides is 1.